The van der Waals surface area contributed by atoms with Crippen LogP contribution in [0.4, 0.5) is 10.1 Å². The zero-order valence-electron chi connectivity index (χ0n) is 5.83. The summed E-state index contributed by atoms with van der Waals surface area (Å²) in [7, 11) is 0. The van der Waals surface area contributed by atoms with Crippen LogP contribution in [0.15, 0.2) is 16.7 Å². The van der Waals surface area contributed by atoms with E-state index < -0.39 is 11.6 Å². The summed E-state index contributed by atoms with van der Waals surface area (Å²) in [5, 5.41) is 10.3. The Balaban J connectivity index is 3.23. The van der Waals surface area contributed by atoms with Crippen molar-refractivity contribution in [3.05, 3.63) is 32.5 Å². The molecule has 1 heterocycles. The molecule has 1 aromatic heterocycles. The van der Waals surface area contributed by atoms with Gasteiger partial charge in [0.05, 0.1) is 10.6 Å². The number of pyridine rings is 1. The Kier molecular flexibility index (Phi) is 2.69. The average Bonchev–Trinajstić information content (AvgIpc) is 2.04. The van der Waals surface area contributed by atoms with Crippen molar-refractivity contribution in [2.45, 2.75) is 6.67 Å². The molecule has 0 fully saturated rings. The molecule has 0 saturated heterocycles. The third-order valence-corrected chi connectivity index (χ3v) is 2.13. The molecule has 12 heavy (non-hydrogen) atoms. The van der Waals surface area contributed by atoms with Gasteiger partial charge in [0, 0.05) is 12.3 Å². The fraction of sp³-hybridized carbons (Fsp3) is 0.167. The molecule has 0 bridgehead atoms. The smallest absolute Gasteiger partial charge is 0.258 e. The van der Waals surface area contributed by atoms with Crippen molar-refractivity contribution in [1.82, 2.24) is 4.98 Å². The Morgan fingerprint density at radius 3 is 2.92 bits per heavy atom. The van der Waals surface area contributed by atoms with Gasteiger partial charge in [-0.05, 0) is 15.9 Å². The quantitative estimate of drug-likeness (QED) is 0.583. The first-order chi connectivity index (χ1) is 5.66. The number of halogens is 2. The summed E-state index contributed by atoms with van der Waals surface area (Å²) in [5.74, 6) is 0. The van der Waals surface area contributed by atoms with Gasteiger partial charge in [-0.15, -0.1) is 0 Å². The zero-order valence-corrected chi connectivity index (χ0v) is 7.41. The maximum absolute atomic E-state index is 12.1. The predicted molar refractivity (Wildman–Crippen MR) is 43.4 cm³/mol. The van der Waals surface area contributed by atoms with E-state index in [4.69, 9.17) is 0 Å². The summed E-state index contributed by atoms with van der Waals surface area (Å²) in [6.07, 6.45) is 1.21. The highest BCUT2D eigenvalue weighted by atomic mass is 79.9. The molecule has 6 heteroatoms. The molecule has 1 aromatic rings. The Labute approximate surface area is 75.7 Å². The lowest BCUT2D eigenvalue weighted by Crippen LogP contribution is -1.94. The molecular formula is C6H4BrFN2O2. The van der Waals surface area contributed by atoms with E-state index >= 15 is 0 Å². The van der Waals surface area contributed by atoms with E-state index in [1.165, 1.54) is 12.3 Å². The lowest BCUT2D eigenvalue weighted by molar-refractivity contribution is -0.385. The second-order valence-electron chi connectivity index (χ2n) is 1.98. The van der Waals surface area contributed by atoms with E-state index in [1.54, 1.807) is 0 Å². The molecule has 0 unspecified atom stereocenters. The number of rotatable bonds is 2. The summed E-state index contributed by atoms with van der Waals surface area (Å²) < 4.78 is 12.2. The minimum Gasteiger partial charge on any atom is -0.258 e. The number of hydrogen-bond acceptors (Lipinski definition) is 3. The van der Waals surface area contributed by atoms with E-state index in [9.17, 15) is 14.5 Å². The average molecular weight is 235 g/mol. The van der Waals surface area contributed by atoms with Gasteiger partial charge in [-0.25, -0.2) is 4.39 Å². The molecule has 0 saturated carbocycles. The molecule has 0 amide bonds. The summed E-state index contributed by atoms with van der Waals surface area (Å²) >= 11 is 2.90. The molecule has 4 nitrogen and oxygen atoms in total. The van der Waals surface area contributed by atoms with Crippen LogP contribution in [0.5, 0.6) is 0 Å². The number of nitro groups is 1. The van der Waals surface area contributed by atoms with Crippen LogP contribution in [-0.4, -0.2) is 9.91 Å². The fourth-order valence-electron chi connectivity index (χ4n) is 0.710. The molecule has 0 aliphatic heterocycles. The van der Waals surface area contributed by atoms with E-state index in [-0.39, 0.29) is 15.9 Å². The molecule has 0 aliphatic carbocycles. The first kappa shape index (κ1) is 9.05. The molecule has 0 atom stereocenters. The molecule has 0 aromatic carbocycles. The molecule has 0 spiro atoms. The number of hydrogen-bond donors (Lipinski definition) is 0. The second kappa shape index (κ2) is 3.57. The molecule has 1 rings (SSSR count). The van der Waals surface area contributed by atoms with Gasteiger partial charge in [-0.3, -0.25) is 15.1 Å². The summed E-state index contributed by atoms with van der Waals surface area (Å²) in [6.45, 7) is -0.817. The largest absolute Gasteiger partial charge is 0.287 e. The van der Waals surface area contributed by atoms with Crippen molar-refractivity contribution >= 4 is 21.6 Å². The number of nitrogens with zero attached hydrogens (tertiary/aromatic N) is 2. The Hall–Kier alpha value is -1.04. The highest BCUT2D eigenvalue weighted by Gasteiger charge is 2.15. The second-order valence-corrected chi connectivity index (χ2v) is 2.77. The van der Waals surface area contributed by atoms with Crippen LogP contribution in [0, 0.1) is 10.1 Å². The van der Waals surface area contributed by atoms with E-state index in [0.717, 1.165) is 0 Å². The van der Waals surface area contributed by atoms with Crippen LogP contribution in [0.25, 0.3) is 0 Å². The van der Waals surface area contributed by atoms with Gasteiger partial charge < -0.3 is 0 Å². The van der Waals surface area contributed by atoms with Crippen LogP contribution < -0.4 is 0 Å². The highest BCUT2D eigenvalue weighted by Crippen LogP contribution is 2.26. The normalized spacial score (nSPS) is 9.83. The van der Waals surface area contributed by atoms with Crippen LogP contribution in [-0.2, 0) is 6.67 Å². The Bertz CT molecular complexity index is 318. The minimum atomic E-state index is -0.817. The van der Waals surface area contributed by atoms with Gasteiger partial charge in [0.2, 0.25) is 0 Å². The van der Waals surface area contributed by atoms with Gasteiger partial charge in [0.1, 0.15) is 11.1 Å². The maximum atomic E-state index is 12.1. The van der Waals surface area contributed by atoms with Gasteiger partial charge in [0.25, 0.3) is 5.69 Å². The van der Waals surface area contributed by atoms with Crippen molar-refractivity contribution in [2.24, 2.45) is 0 Å². The van der Waals surface area contributed by atoms with Crippen LogP contribution in [0.1, 0.15) is 5.69 Å². The summed E-state index contributed by atoms with van der Waals surface area (Å²) in [6, 6.07) is 1.21. The summed E-state index contributed by atoms with van der Waals surface area (Å²) in [5.41, 5.74) is -0.123. The van der Waals surface area contributed by atoms with Crippen LogP contribution in [0.2, 0.25) is 0 Å². The Morgan fingerprint density at radius 2 is 2.42 bits per heavy atom. The number of aromatic nitrogens is 1. The molecule has 0 N–H and O–H groups in total. The Morgan fingerprint density at radius 1 is 1.75 bits per heavy atom. The minimum absolute atomic E-state index is 0.0456. The SMILES string of the molecule is O=[N+]([O-])c1ccnc(CF)c1Br. The summed E-state index contributed by atoms with van der Waals surface area (Å²) in [4.78, 5) is 13.3. The predicted octanol–water partition coefficient (Wildman–Crippen LogP) is 2.22. The van der Waals surface area contributed by atoms with Crippen molar-refractivity contribution < 1.29 is 9.31 Å². The number of alkyl halides is 1. The van der Waals surface area contributed by atoms with Gasteiger partial charge in [-0.2, -0.15) is 0 Å². The first-order valence-electron chi connectivity index (χ1n) is 3.00. The lowest BCUT2D eigenvalue weighted by atomic mass is 10.3. The monoisotopic (exact) mass is 234 g/mol. The van der Waals surface area contributed by atoms with Gasteiger partial charge in [0.15, 0.2) is 0 Å². The van der Waals surface area contributed by atoms with Crippen molar-refractivity contribution in [2.75, 3.05) is 0 Å². The third-order valence-electron chi connectivity index (χ3n) is 1.26. The lowest BCUT2D eigenvalue weighted by Gasteiger charge is -1.97. The van der Waals surface area contributed by atoms with E-state index in [0.29, 0.717) is 0 Å². The van der Waals surface area contributed by atoms with Gasteiger partial charge in [-0.1, -0.05) is 0 Å². The first-order valence-corrected chi connectivity index (χ1v) is 3.80. The van der Waals surface area contributed by atoms with E-state index in [2.05, 4.69) is 20.9 Å². The topological polar surface area (TPSA) is 56.0 Å². The van der Waals surface area contributed by atoms with Gasteiger partial charge >= 0.3 is 0 Å². The fourth-order valence-corrected chi connectivity index (χ4v) is 1.19. The standard InChI is InChI=1S/C6H4BrFN2O2/c7-6-4(3-8)9-2-1-5(6)10(11)12/h1-2H,3H2. The highest BCUT2D eigenvalue weighted by molar-refractivity contribution is 9.10. The van der Waals surface area contributed by atoms with Crippen molar-refractivity contribution in [1.29, 1.82) is 0 Å². The zero-order chi connectivity index (χ0) is 9.14. The molecule has 64 valence electrons. The third kappa shape index (κ3) is 1.58. The van der Waals surface area contributed by atoms with Crippen LogP contribution >= 0.6 is 15.9 Å². The van der Waals surface area contributed by atoms with Crippen molar-refractivity contribution in [3.63, 3.8) is 0 Å². The van der Waals surface area contributed by atoms with Crippen molar-refractivity contribution in [3.8, 4) is 0 Å². The molecule has 0 aliphatic rings. The maximum Gasteiger partial charge on any atom is 0.287 e. The molecular weight excluding hydrogens is 231 g/mol. The molecule has 0 radical (unpaired) electrons. The van der Waals surface area contributed by atoms with Crippen LogP contribution in [0.3, 0.4) is 0 Å². The van der Waals surface area contributed by atoms with E-state index in [1.807, 2.05) is 0 Å².